The smallest absolute Gasteiger partial charge is 0.0426 e. The van der Waals surface area contributed by atoms with Crippen LogP contribution in [0.4, 0.5) is 5.69 Å². The number of hydrogen-bond donors (Lipinski definition) is 1. The van der Waals surface area contributed by atoms with Crippen LogP contribution in [-0.4, -0.2) is 25.7 Å². The van der Waals surface area contributed by atoms with Crippen LogP contribution in [0.2, 0.25) is 5.02 Å². The van der Waals surface area contributed by atoms with Gasteiger partial charge in [-0.3, -0.25) is 0 Å². The van der Waals surface area contributed by atoms with Gasteiger partial charge in [-0.2, -0.15) is 0 Å². The van der Waals surface area contributed by atoms with Crippen LogP contribution in [0.15, 0.2) is 24.3 Å². The molecule has 2 nitrogen and oxygen atoms in total. The number of benzene rings is 1. The molecule has 0 aliphatic carbocycles. The molecule has 0 saturated carbocycles. The Balaban J connectivity index is 1.89. The zero-order chi connectivity index (χ0) is 12.3. The normalized spacial score (nSPS) is 20.2. The van der Waals surface area contributed by atoms with E-state index < -0.39 is 0 Å². The highest BCUT2D eigenvalue weighted by Crippen LogP contribution is 2.25. The molecule has 1 heterocycles. The molecule has 2 rings (SSSR count). The average Bonchev–Trinajstić information content (AvgIpc) is 2.75. The lowest BCUT2D eigenvalue weighted by molar-refractivity contribution is 0.480. The van der Waals surface area contributed by atoms with Gasteiger partial charge in [-0.25, -0.2) is 0 Å². The first-order valence-electron chi connectivity index (χ1n) is 6.39. The minimum Gasteiger partial charge on any atom is -0.371 e. The molecule has 0 amide bonds. The van der Waals surface area contributed by atoms with E-state index in [0.717, 1.165) is 30.6 Å². The summed E-state index contributed by atoms with van der Waals surface area (Å²) < 4.78 is 0. The SMILES string of the molecule is CC(C)NCC1CCN(c2cccc(Cl)c2)C1. The van der Waals surface area contributed by atoms with Crippen LogP contribution in [0.1, 0.15) is 20.3 Å². The zero-order valence-electron chi connectivity index (χ0n) is 10.6. The second kappa shape index (κ2) is 5.74. The van der Waals surface area contributed by atoms with Crippen molar-refractivity contribution in [3.8, 4) is 0 Å². The van der Waals surface area contributed by atoms with Crippen molar-refractivity contribution in [2.45, 2.75) is 26.3 Å². The lowest BCUT2D eigenvalue weighted by atomic mass is 10.1. The molecule has 3 heteroatoms. The van der Waals surface area contributed by atoms with Crippen LogP contribution >= 0.6 is 11.6 Å². The molecule has 0 spiro atoms. The highest BCUT2D eigenvalue weighted by atomic mass is 35.5. The van der Waals surface area contributed by atoms with Crippen LogP contribution in [0.25, 0.3) is 0 Å². The Morgan fingerprint density at radius 2 is 2.29 bits per heavy atom. The Morgan fingerprint density at radius 3 is 3.00 bits per heavy atom. The topological polar surface area (TPSA) is 15.3 Å². The average molecular weight is 253 g/mol. The molecule has 1 aromatic rings. The Kier molecular flexibility index (Phi) is 4.30. The van der Waals surface area contributed by atoms with Gasteiger partial charge in [0, 0.05) is 29.8 Å². The third-order valence-electron chi connectivity index (χ3n) is 3.27. The first-order valence-corrected chi connectivity index (χ1v) is 6.77. The second-order valence-corrected chi connectivity index (χ2v) is 5.58. The zero-order valence-corrected chi connectivity index (χ0v) is 11.4. The van der Waals surface area contributed by atoms with Crippen molar-refractivity contribution in [1.29, 1.82) is 0 Å². The van der Waals surface area contributed by atoms with Gasteiger partial charge in [-0.1, -0.05) is 31.5 Å². The van der Waals surface area contributed by atoms with Gasteiger partial charge in [0.05, 0.1) is 0 Å². The van der Waals surface area contributed by atoms with E-state index >= 15 is 0 Å². The fourth-order valence-corrected chi connectivity index (χ4v) is 2.49. The molecule has 1 atom stereocenters. The van der Waals surface area contributed by atoms with Crippen molar-refractivity contribution >= 4 is 17.3 Å². The van der Waals surface area contributed by atoms with E-state index in [1.807, 2.05) is 12.1 Å². The Morgan fingerprint density at radius 1 is 1.47 bits per heavy atom. The van der Waals surface area contributed by atoms with Crippen molar-refractivity contribution in [3.05, 3.63) is 29.3 Å². The monoisotopic (exact) mass is 252 g/mol. The molecule has 1 aromatic carbocycles. The van der Waals surface area contributed by atoms with Crippen molar-refractivity contribution in [1.82, 2.24) is 5.32 Å². The van der Waals surface area contributed by atoms with E-state index in [1.165, 1.54) is 12.1 Å². The third-order valence-corrected chi connectivity index (χ3v) is 3.51. The lowest BCUT2D eigenvalue weighted by Gasteiger charge is -2.19. The van der Waals surface area contributed by atoms with E-state index in [2.05, 4.69) is 36.2 Å². The minimum absolute atomic E-state index is 0.579. The Hall–Kier alpha value is -0.730. The predicted octanol–water partition coefficient (Wildman–Crippen LogP) is 3.16. The van der Waals surface area contributed by atoms with E-state index in [4.69, 9.17) is 11.6 Å². The summed E-state index contributed by atoms with van der Waals surface area (Å²) in [6.45, 7) is 7.80. The number of hydrogen-bond acceptors (Lipinski definition) is 2. The predicted molar refractivity (Wildman–Crippen MR) is 74.9 cm³/mol. The maximum Gasteiger partial charge on any atom is 0.0426 e. The van der Waals surface area contributed by atoms with Gasteiger partial charge in [0.25, 0.3) is 0 Å². The second-order valence-electron chi connectivity index (χ2n) is 5.14. The quantitative estimate of drug-likeness (QED) is 0.886. The number of halogens is 1. The van der Waals surface area contributed by atoms with Crippen LogP contribution in [0.5, 0.6) is 0 Å². The molecule has 1 unspecified atom stereocenters. The first-order chi connectivity index (χ1) is 8.15. The van der Waals surface area contributed by atoms with E-state index in [0.29, 0.717) is 6.04 Å². The summed E-state index contributed by atoms with van der Waals surface area (Å²) in [6, 6.07) is 8.73. The van der Waals surface area contributed by atoms with Crippen LogP contribution in [-0.2, 0) is 0 Å². The molecule has 1 aliphatic rings. The van der Waals surface area contributed by atoms with Gasteiger partial charge in [-0.05, 0) is 37.1 Å². The van der Waals surface area contributed by atoms with E-state index in [9.17, 15) is 0 Å². The van der Waals surface area contributed by atoms with Crippen LogP contribution in [0.3, 0.4) is 0 Å². The number of nitrogens with zero attached hydrogens (tertiary/aromatic N) is 1. The van der Waals surface area contributed by atoms with E-state index in [-0.39, 0.29) is 0 Å². The van der Waals surface area contributed by atoms with Gasteiger partial charge in [0.1, 0.15) is 0 Å². The molecule has 0 bridgehead atoms. The summed E-state index contributed by atoms with van der Waals surface area (Å²) in [5.74, 6) is 0.761. The summed E-state index contributed by atoms with van der Waals surface area (Å²) in [7, 11) is 0. The molecule has 1 N–H and O–H groups in total. The molecule has 1 fully saturated rings. The third kappa shape index (κ3) is 3.62. The van der Waals surface area contributed by atoms with Crippen molar-refractivity contribution in [2.75, 3.05) is 24.5 Å². The van der Waals surface area contributed by atoms with Gasteiger partial charge in [0.15, 0.2) is 0 Å². The maximum absolute atomic E-state index is 6.02. The van der Waals surface area contributed by atoms with Crippen LogP contribution < -0.4 is 10.2 Å². The fraction of sp³-hybridized carbons (Fsp3) is 0.571. The molecular formula is C14H21ClN2. The van der Waals surface area contributed by atoms with E-state index in [1.54, 1.807) is 0 Å². The summed E-state index contributed by atoms with van der Waals surface area (Å²) >= 11 is 6.02. The highest BCUT2D eigenvalue weighted by molar-refractivity contribution is 6.30. The molecule has 0 radical (unpaired) electrons. The standard InChI is InChI=1S/C14H21ClN2/c1-11(2)16-9-12-6-7-17(10-12)14-5-3-4-13(15)8-14/h3-5,8,11-12,16H,6-7,9-10H2,1-2H3. The van der Waals surface area contributed by atoms with Crippen molar-refractivity contribution in [3.63, 3.8) is 0 Å². The Labute approximate surface area is 109 Å². The van der Waals surface area contributed by atoms with Gasteiger partial charge in [-0.15, -0.1) is 0 Å². The summed E-state index contributed by atoms with van der Waals surface area (Å²) in [6.07, 6.45) is 1.27. The van der Waals surface area contributed by atoms with Gasteiger partial charge < -0.3 is 10.2 Å². The van der Waals surface area contributed by atoms with Gasteiger partial charge >= 0.3 is 0 Å². The minimum atomic E-state index is 0.579. The maximum atomic E-state index is 6.02. The van der Waals surface area contributed by atoms with Gasteiger partial charge in [0.2, 0.25) is 0 Å². The Bertz CT molecular complexity index is 365. The summed E-state index contributed by atoms with van der Waals surface area (Å²) in [4.78, 5) is 2.43. The number of nitrogens with one attached hydrogen (secondary N) is 1. The first kappa shape index (κ1) is 12.7. The molecule has 94 valence electrons. The van der Waals surface area contributed by atoms with Crippen LogP contribution in [0, 0.1) is 5.92 Å². The molecule has 17 heavy (non-hydrogen) atoms. The molecular weight excluding hydrogens is 232 g/mol. The molecule has 1 saturated heterocycles. The largest absolute Gasteiger partial charge is 0.371 e. The molecule has 0 aromatic heterocycles. The fourth-order valence-electron chi connectivity index (χ4n) is 2.31. The highest BCUT2D eigenvalue weighted by Gasteiger charge is 2.22. The summed E-state index contributed by atoms with van der Waals surface area (Å²) in [5, 5.41) is 4.34. The summed E-state index contributed by atoms with van der Waals surface area (Å²) in [5.41, 5.74) is 1.25. The van der Waals surface area contributed by atoms with Crippen molar-refractivity contribution < 1.29 is 0 Å². The number of rotatable bonds is 4. The number of anilines is 1. The lowest BCUT2D eigenvalue weighted by Crippen LogP contribution is -2.30. The van der Waals surface area contributed by atoms with Crippen molar-refractivity contribution in [2.24, 2.45) is 5.92 Å². The molecule has 1 aliphatic heterocycles.